The molecule has 1 heterocycles. The highest BCUT2D eigenvalue weighted by molar-refractivity contribution is 4.78. The fraction of sp³-hybridized carbons (Fsp3) is 1.00. The Labute approximate surface area is 106 Å². The molecule has 17 heavy (non-hydrogen) atoms. The summed E-state index contributed by atoms with van der Waals surface area (Å²) in [5.41, 5.74) is 0. The van der Waals surface area contributed by atoms with Crippen molar-refractivity contribution in [3.05, 3.63) is 0 Å². The zero-order valence-corrected chi connectivity index (χ0v) is 11.5. The van der Waals surface area contributed by atoms with Gasteiger partial charge in [0.1, 0.15) is 0 Å². The molecule has 4 heteroatoms. The number of nitrogens with one attached hydrogen (secondary N) is 1. The van der Waals surface area contributed by atoms with Crippen LogP contribution in [0.1, 0.15) is 26.7 Å². The number of rotatable bonds is 9. The van der Waals surface area contributed by atoms with E-state index in [9.17, 15) is 0 Å². The minimum absolute atomic E-state index is 0.269. The van der Waals surface area contributed by atoms with E-state index >= 15 is 0 Å². The van der Waals surface area contributed by atoms with Gasteiger partial charge in [-0.15, -0.1) is 0 Å². The minimum Gasteiger partial charge on any atom is -0.395 e. The molecule has 1 saturated heterocycles. The van der Waals surface area contributed by atoms with Crippen molar-refractivity contribution in [2.45, 2.75) is 32.7 Å². The highest BCUT2D eigenvalue weighted by atomic mass is 16.3. The van der Waals surface area contributed by atoms with Gasteiger partial charge < -0.3 is 15.3 Å². The van der Waals surface area contributed by atoms with Gasteiger partial charge in [-0.1, -0.05) is 13.8 Å². The van der Waals surface area contributed by atoms with Gasteiger partial charge in [0.15, 0.2) is 0 Å². The summed E-state index contributed by atoms with van der Waals surface area (Å²) in [7, 11) is 0. The molecule has 0 aromatic rings. The molecule has 0 aliphatic carbocycles. The first-order valence-electron chi connectivity index (χ1n) is 7.09. The van der Waals surface area contributed by atoms with Crippen molar-refractivity contribution in [2.75, 3.05) is 52.4 Å². The van der Waals surface area contributed by atoms with Gasteiger partial charge in [0, 0.05) is 32.2 Å². The number of aliphatic hydroxyl groups is 1. The van der Waals surface area contributed by atoms with Crippen molar-refractivity contribution in [1.29, 1.82) is 0 Å². The summed E-state index contributed by atoms with van der Waals surface area (Å²) >= 11 is 0. The molecule has 1 atom stereocenters. The normalized spacial score (nSPS) is 20.6. The maximum atomic E-state index is 9.11. The van der Waals surface area contributed by atoms with Crippen LogP contribution in [0.15, 0.2) is 0 Å². The molecule has 102 valence electrons. The minimum atomic E-state index is 0.269. The Morgan fingerprint density at radius 2 is 1.82 bits per heavy atom. The number of nitrogens with zero attached hydrogens (tertiary/aromatic N) is 2. The van der Waals surface area contributed by atoms with Crippen LogP contribution in [0.4, 0.5) is 0 Å². The third kappa shape index (κ3) is 5.82. The summed E-state index contributed by atoms with van der Waals surface area (Å²) in [5.74, 6) is 0. The number of hydrogen-bond donors (Lipinski definition) is 2. The summed E-state index contributed by atoms with van der Waals surface area (Å²) in [6.07, 6.45) is 2.58. The largest absolute Gasteiger partial charge is 0.395 e. The van der Waals surface area contributed by atoms with Gasteiger partial charge in [-0.2, -0.15) is 0 Å². The van der Waals surface area contributed by atoms with Crippen LogP contribution in [0.3, 0.4) is 0 Å². The second kappa shape index (κ2) is 8.86. The van der Waals surface area contributed by atoms with Crippen molar-refractivity contribution in [3.63, 3.8) is 0 Å². The molecule has 2 N–H and O–H groups in total. The Hall–Kier alpha value is -0.160. The lowest BCUT2D eigenvalue weighted by molar-refractivity contribution is 0.163. The zero-order valence-electron chi connectivity index (χ0n) is 11.5. The molecule has 0 amide bonds. The van der Waals surface area contributed by atoms with Gasteiger partial charge in [0.25, 0.3) is 0 Å². The fourth-order valence-electron chi connectivity index (χ4n) is 2.48. The van der Waals surface area contributed by atoms with Crippen LogP contribution < -0.4 is 5.32 Å². The second-order valence-electron chi connectivity index (χ2n) is 4.84. The Balaban J connectivity index is 2.26. The Morgan fingerprint density at radius 3 is 2.35 bits per heavy atom. The molecule has 1 unspecified atom stereocenters. The summed E-state index contributed by atoms with van der Waals surface area (Å²) in [6.45, 7) is 12.1. The van der Waals surface area contributed by atoms with E-state index in [0.717, 1.165) is 45.8 Å². The van der Waals surface area contributed by atoms with Gasteiger partial charge in [0.05, 0.1) is 6.61 Å². The SMILES string of the molecule is CCN(CC)CCN(CCO)CC1CCCN1. The predicted molar refractivity (Wildman–Crippen MR) is 72.3 cm³/mol. The molecule has 1 fully saturated rings. The number of hydrogen-bond acceptors (Lipinski definition) is 4. The third-order valence-corrected chi connectivity index (χ3v) is 3.68. The molecule has 0 aromatic heterocycles. The van der Waals surface area contributed by atoms with Crippen molar-refractivity contribution >= 4 is 0 Å². The van der Waals surface area contributed by atoms with Gasteiger partial charge >= 0.3 is 0 Å². The highest BCUT2D eigenvalue weighted by Crippen LogP contribution is 2.06. The van der Waals surface area contributed by atoms with E-state index in [4.69, 9.17) is 5.11 Å². The van der Waals surface area contributed by atoms with E-state index in [1.165, 1.54) is 12.8 Å². The first-order valence-corrected chi connectivity index (χ1v) is 7.09. The molecular weight excluding hydrogens is 214 g/mol. The van der Waals surface area contributed by atoms with Gasteiger partial charge in [-0.25, -0.2) is 0 Å². The van der Waals surface area contributed by atoms with Crippen molar-refractivity contribution in [1.82, 2.24) is 15.1 Å². The Kier molecular flexibility index (Phi) is 7.77. The zero-order chi connectivity index (χ0) is 12.5. The predicted octanol–water partition coefficient (Wildman–Crippen LogP) is 0.375. The monoisotopic (exact) mass is 243 g/mol. The van der Waals surface area contributed by atoms with Crippen LogP contribution in [0, 0.1) is 0 Å². The third-order valence-electron chi connectivity index (χ3n) is 3.68. The Morgan fingerprint density at radius 1 is 1.12 bits per heavy atom. The summed E-state index contributed by atoms with van der Waals surface area (Å²) in [6, 6.07) is 0.637. The molecule has 0 aromatic carbocycles. The maximum absolute atomic E-state index is 9.11. The molecule has 4 nitrogen and oxygen atoms in total. The smallest absolute Gasteiger partial charge is 0.0558 e. The molecule has 0 radical (unpaired) electrons. The number of aliphatic hydroxyl groups excluding tert-OH is 1. The number of likely N-dealkylation sites (N-methyl/N-ethyl adjacent to an activating group) is 1. The lowest BCUT2D eigenvalue weighted by Gasteiger charge is -2.27. The standard InChI is InChI=1S/C13H29N3O/c1-3-15(4-2)8-9-16(10-11-17)12-13-6-5-7-14-13/h13-14,17H,3-12H2,1-2H3. The van der Waals surface area contributed by atoms with E-state index in [2.05, 4.69) is 29.0 Å². The topological polar surface area (TPSA) is 38.7 Å². The van der Waals surface area contributed by atoms with Crippen molar-refractivity contribution in [3.8, 4) is 0 Å². The average Bonchev–Trinajstić information content (AvgIpc) is 2.83. The summed E-state index contributed by atoms with van der Waals surface area (Å²) < 4.78 is 0. The molecule has 0 saturated carbocycles. The Bertz CT molecular complexity index is 180. The van der Waals surface area contributed by atoms with Gasteiger partial charge in [-0.3, -0.25) is 4.90 Å². The maximum Gasteiger partial charge on any atom is 0.0558 e. The molecule has 1 aliphatic rings. The summed E-state index contributed by atoms with van der Waals surface area (Å²) in [5, 5.41) is 12.6. The fourth-order valence-corrected chi connectivity index (χ4v) is 2.48. The first-order chi connectivity index (χ1) is 8.30. The van der Waals surface area contributed by atoms with Crippen LogP contribution in [-0.4, -0.2) is 73.4 Å². The molecular formula is C13H29N3O. The average molecular weight is 243 g/mol. The lowest BCUT2D eigenvalue weighted by Crippen LogP contribution is -2.42. The van der Waals surface area contributed by atoms with Crippen LogP contribution in [-0.2, 0) is 0 Å². The van der Waals surface area contributed by atoms with Crippen molar-refractivity contribution in [2.24, 2.45) is 0 Å². The molecule has 0 bridgehead atoms. The van der Waals surface area contributed by atoms with Gasteiger partial charge in [0.2, 0.25) is 0 Å². The highest BCUT2D eigenvalue weighted by Gasteiger charge is 2.17. The molecule has 1 rings (SSSR count). The van der Waals surface area contributed by atoms with E-state index < -0.39 is 0 Å². The van der Waals surface area contributed by atoms with E-state index in [1.54, 1.807) is 0 Å². The molecule has 1 aliphatic heterocycles. The van der Waals surface area contributed by atoms with Crippen LogP contribution >= 0.6 is 0 Å². The van der Waals surface area contributed by atoms with Gasteiger partial charge in [-0.05, 0) is 32.5 Å². The van der Waals surface area contributed by atoms with E-state index in [0.29, 0.717) is 6.04 Å². The van der Waals surface area contributed by atoms with Crippen LogP contribution in [0.5, 0.6) is 0 Å². The lowest BCUT2D eigenvalue weighted by atomic mass is 10.2. The van der Waals surface area contributed by atoms with Crippen LogP contribution in [0.2, 0.25) is 0 Å². The molecule has 0 spiro atoms. The quantitative estimate of drug-likeness (QED) is 0.614. The van der Waals surface area contributed by atoms with E-state index in [-0.39, 0.29) is 6.61 Å². The van der Waals surface area contributed by atoms with E-state index in [1.807, 2.05) is 0 Å². The second-order valence-corrected chi connectivity index (χ2v) is 4.84. The summed E-state index contributed by atoms with van der Waals surface area (Å²) in [4.78, 5) is 4.83. The first kappa shape index (κ1) is 14.9. The van der Waals surface area contributed by atoms with Crippen LogP contribution in [0.25, 0.3) is 0 Å². The van der Waals surface area contributed by atoms with Crippen molar-refractivity contribution < 1.29 is 5.11 Å².